The van der Waals surface area contributed by atoms with Crippen LogP contribution in [0.4, 0.5) is 0 Å². The zero-order valence-electron chi connectivity index (χ0n) is 25.9. The highest BCUT2D eigenvalue weighted by molar-refractivity contribution is 8.15. The summed E-state index contributed by atoms with van der Waals surface area (Å²) in [6.45, 7) is 2.30. The first-order chi connectivity index (χ1) is 21.7. The Labute approximate surface area is 271 Å². The van der Waals surface area contributed by atoms with Gasteiger partial charge >= 0.3 is 0 Å². The second kappa shape index (κ2) is 11.8. The lowest BCUT2D eigenvalue weighted by Crippen LogP contribution is -2.32. The quantitative estimate of drug-likeness (QED) is 0.219. The number of benzene rings is 2. The number of aryl methyl sites for hydroxylation is 1. The van der Waals surface area contributed by atoms with Crippen molar-refractivity contribution in [1.29, 1.82) is 0 Å². The molecule has 0 saturated carbocycles. The molecule has 8 rings (SSSR count). The molecule has 0 aromatic heterocycles. The molecule has 44 heavy (non-hydrogen) atoms. The molecule has 0 saturated heterocycles. The van der Waals surface area contributed by atoms with Gasteiger partial charge in [-0.05, 0) is 73.8 Å². The van der Waals surface area contributed by atoms with Gasteiger partial charge in [0.2, 0.25) is 0 Å². The summed E-state index contributed by atoms with van der Waals surface area (Å²) in [4.78, 5) is 2.91. The molecule has 2 heterocycles. The molecule has 2 spiro atoms. The highest BCUT2D eigenvalue weighted by Crippen LogP contribution is 2.71. The van der Waals surface area contributed by atoms with Crippen LogP contribution in [0.5, 0.6) is 0 Å². The Morgan fingerprint density at radius 3 is 2.30 bits per heavy atom. The van der Waals surface area contributed by atoms with Crippen LogP contribution < -0.4 is 10.4 Å². The van der Waals surface area contributed by atoms with Crippen molar-refractivity contribution in [2.45, 2.75) is 82.3 Å². The average Bonchev–Trinajstić information content (AvgIpc) is 3.81. The van der Waals surface area contributed by atoms with E-state index in [1.165, 1.54) is 130 Å². The van der Waals surface area contributed by atoms with Gasteiger partial charge in [0.05, 0.1) is 10.2 Å². The smallest absolute Gasteiger partial charge is 0.0965 e. The van der Waals surface area contributed by atoms with Crippen molar-refractivity contribution < 1.29 is 0 Å². The monoisotopic (exact) mass is 610 g/mol. The van der Waals surface area contributed by atoms with Crippen molar-refractivity contribution >= 4 is 40.1 Å². The van der Waals surface area contributed by atoms with E-state index in [1.807, 2.05) is 23.5 Å². The van der Waals surface area contributed by atoms with Crippen molar-refractivity contribution in [3.63, 3.8) is 0 Å². The van der Waals surface area contributed by atoms with Gasteiger partial charge in [-0.3, -0.25) is 0 Å². The predicted molar refractivity (Wildman–Crippen MR) is 193 cm³/mol. The van der Waals surface area contributed by atoms with Crippen molar-refractivity contribution in [2.24, 2.45) is 5.41 Å². The molecular weight excluding hydrogens is 569 g/mol. The van der Waals surface area contributed by atoms with Crippen LogP contribution in [0, 0.1) is 5.41 Å². The second-order valence-electron chi connectivity index (χ2n) is 13.2. The number of unbranched alkanes of at least 4 members (excludes halogenated alkanes) is 9. The van der Waals surface area contributed by atoms with E-state index in [-0.39, 0.29) is 10.2 Å². The van der Waals surface area contributed by atoms with Gasteiger partial charge < -0.3 is 0 Å². The Kier molecular flexibility index (Phi) is 7.63. The lowest BCUT2D eigenvalue weighted by molar-refractivity contribution is 0.556. The summed E-state index contributed by atoms with van der Waals surface area (Å²) in [5, 5.41) is 5.25. The molecule has 2 aromatic rings. The molecule has 4 aliphatic carbocycles. The first-order valence-electron chi connectivity index (χ1n) is 17.0. The van der Waals surface area contributed by atoms with Gasteiger partial charge in [-0.25, -0.2) is 0 Å². The standard InChI is InChI=1S/C42H42S2/c1-2-3-4-5-6-7-8-9-10-11-16-30-22-24-31(25-23-30)36-29-43-42-28-32-17-12-13-21-35(32)40(42)44-37-27-34-19-14-18-33-20-15-26-41(33,34)39(37)38(36)42/h12-15,17-29H,2-11,16H2,1H3. The van der Waals surface area contributed by atoms with Crippen LogP contribution in [-0.4, -0.2) is 4.75 Å². The summed E-state index contributed by atoms with van der Waals surface area (Å²) >= 11 is 4.03. The summed E-state index contributed by atoms with van der Waals surface area (Å²) in [6.07, 6.45) is 34.1. The Hall–Kier alpha value is -2.94. The molecule has 2 atom stereocenters. The van der Waals surface area contributed by atoms with Crippen LogP contribution >= 0.6 is 23.5 Å². The van der Waals surface area contributed by atoms with Crippen LogP contribution in [0.2, 0.25) is 0 Å². The number of thioether (sulfide) groups is 2. The Balaban J connectivity index is 1.06. The van der Waals surface area contributed by atoms with Gasteiger partial charge in [-0.1, -0.05) is 168 Å². The number of fused-ring (bicyclic) bond motifs is 2. The highest BCUT2D eigenvalue weighted by Gasteiger charge is 2.57. The molecule has 2 heteroatoms. The minimum absolute atomic E-state index is 0.155. The summed E-state index contributed by atoms with van der Waals surface area (Å²) in [6, 6.07) is 18.6. The Morgan fingerprint density at radius 2 is 1.48 bits per heavy atom. The largest absolute Gasteiger partial charge is 0.112 e. The lowest BCUT2D eigenvalue weighted by atomic mass is 9.67. The molecule has 0 radical (unpaired) electrons. The van der Waals surface area contributed by atoms with E-state index in [4.69, 9.17) is 0 Å². The fraction of sp³-hybridized carbons (Fsp3) is 0.333. The van der Waals surface area contributed by atoms with Crippen molar-refractivity contribution in [3.05, 3.63) is 145 Å². The summed E-state index contributed by atoms with van der Waals surface area (Å²) in [5.74, 6) is 0. The molecule has 2 aromatic carbocycles. The van der Waals surface area contributed by atoms with E-state index in [1.54, 1.807) is 0 Å². The zero-order valence-corrected chi connectivity index (χ0v) is 27.5. The number of allylic oxidation sites excluding steroid dienone is 11. The van der Waals surface area contributed by atoms with E-state index in [0.717, 1.165) is 0 Å². The maximum absolute atomic E-state index is 2.57. The molecule has 6 aliphatic rings. The first kappa shape index (κ1) is 28.5. The van der Waals surface area contributed by atoms with Gasteiger partial charge in [0.1, 0.15) is 0 Å². The third-order valence-corrected chi connectivity index (χ3v) is 13.1. The fourth-order valence-electron chi connectivity index (χ4n) is 8.20. The number of hydrogen-bond acceptors (Lipinski definition) is 2. The van der Waals surface area contributed by atoms with Gasteiger partial charge in [-0.2, -0.15) is 0 Å². The summed E-state index contributed by atoms with van der Waals surface area (Å²) in [7, 11) is 0. The van der Waals surface area contributed by atoms with Crippen LogP contribution in [0.25, 0.3) is 16.6 Å². The van der Waals surface area contributed by atoms with Crippen molar-refractivity contribution in [3.8, 4) is 0 Å². The second-order valence-corrected chi connectivity index (χ2v) is 15.4. The van der Waals surface area contributed by atoms with Gasteiger partial charge in [0, 0.05) is 9.81 Å². The molecule has 222 valence electrons. The van der Waals surface area contributed by atoms with Crippen LogP contribution in [0.3, 0.4) is 0 Å². The van der Waals surface area contributed by atoms with E-state index in [9.17, 15) is 0 Å². The molecule has 0 amide bonds. The number of rotatable bonds is 12. The molecular formula is C42H42S2. The third kappa shape index (κ3) is 4.51. The van der Waals surface area contributed by atoms with E-state index < -0.39 is 0 Å². The first-order valence-corrected chi connectivity index (χ1v) is 18.7. The Bertz CT molecular complexity index is 1840. The minimum atomic E-state index is -0.160. The molecule has 0 fully saturated rings. The zero-order chi connectivity index (χ0) is 29.6. The van der Waals surface area contributed by atoms with E-state index in [0.29, 0.717) is 0 Å². The van der Waals surface area contributed by atoms with Gasteiger partial charge in [0.15, 0.2) is 0 Å². The topological polar surface area (TPSA) is 0 Å². The molecule has 2 aliphatic heterocycles. The molecule has 0 N–H and O–H groups in total. The fourth-order valence-corrected chi connectivity index (χ4v) is 11.1. The number of hydrogen-bond donors (Lipinski definition) is 0. The van der Waals surface area contributed by atoms with Crippen LogP contribution in [0.15, 0.2) is 124 Å². The average molecular weight is 611 g/mol. The van der Waals surface area contributed by atoms with Gasteiger partial charge in [0.25, 0.3) is 0 Å². The maximum atomic E-state index is 2.57. The lowest BCUT2D eigenvalue weighted by Gasteiger charge is -2.41. The van der Waals surface area contributed by atoms with Crippen LogP contribution in [0.1, 0.15) is 82.3 Å². The van der Waals surface area contributed by atoms with Crippen LogP contribution in [-0.2, 0) is 6.42 Å². The van der Waals surface area contributed by atoms with Gasteiger partial charge in [-0.15, -0.1) is 11.8 Å². The normalized spacial score (nSPS) is 25.0. The minimum Gasteiger partial charge on any atom is -0.112 e. The Morgan fingerprint density at radius 1 is 0.727 bits per heavy atom. The molecule has 0 bridgehead atoms. The van der Waals surface area contributed by atoms with Crippen molar-refractivity contribution in [1.82, 2.24) is 0 Å². The summed E-state index contributed by atoms with van der Waals surface area (Å²) in [5.41, 5.74) is 9.92. The summed E-state index contributed by atoms with van der Waals surface area (Å²) < 4.78 is -0.155. The van der Waals surface area contributed by atoms with E-state index >= 15 is 0 Å². The van der Waals surface area contributed by atoms with E-state index in [2.05, 4.69) is 109 Å². The SMILES string of the molecule is CCCCCCCCCCCCc1ccc(C2=CSC34C=c5ccccc5=C3SC3=CC5=CC=CC6=CC=CC65C3=C24)cc1. The maximum Gasteiger partial charge on any atom is 0.0965 e. The van der Waals surface area contributed by atoms with Crippen molar-refractivity contribution in [2.75, 3.05) is 0 Å². The molecule has 0 nitrogen and oxygen atoms in total. The third-order valence-electron chi connectivity index (χ3n) is 10.5. The predicted octanol–water partition coefficient (Wildman–Crippen LogP) is 10.5. The molecule has 2 unspecified atom stereocenters. The highest BCUT2D eigenvalue weighted by atomic mass is 32.2.